The van der Waals surface area contributed by atoms with Gasteiger partial charge >= 0.3 is 17.9 Å². The lowest BCUT2D eigenvalue weighted by molar-refractivity contribution is -0.277. The van der Waals surface area contributed by atoms with Gasteiger partial charge in [-0.3, -0.25) is 19.2 Å². The van der Waals surface area contributed by atoms with Crippen LogP contribution in [0.25, 0.3) is 0 Å². The third kappa shape index (κ3) is 10.4. The van der Waals surface area contributed by atoms with Gasteiger partial charge < -0.3 is 29.0 Å². The maximum absolute atomic E-state index is 11.9. The zero-order chi connectivity index (χ0) is 24.1. The number of unbranched alkanes of at least 4 members (excludes halogenated alkanes) is 5. The van der Waals surface area contributed by atoms with Gasteiger partial charge in [0.25, 0.3) is 0 Å². The Morgan fingerprint density at radius 3 is 1.97 bits per heavy atom. The Labute approximate surface area is 189 Å². The summed E-state index contributed by atoms with van der Waals surface area (Å²) in [5.74, 6) is -2.22. The molecular formula is C22H37NO9. The molecule has 10 heteroatoms. The van der Waals surface area contributed by atoms with Crippen LogP contribution in [0.1, 0.15) is 73.1 Å². The van der Waals surface area contributed by atoms with Gasteiger partial charge in [0.2, 0.25) is 5.91 Å². The molecule has 10 nitrogen and oxygen atoms in total. The Morgan fingerprint density at radius 2 is 1.41 bits per heavy atom. The van der Waals surface area contributed by atoms with Crippen molar-refractivity contribution >= 4 is 23.8 Å². The molecular weight excluding hydrogens is 422 g/mol. The molecule has 0 aromatic rings. The second kappa shape index (κ2) is 14.8. The van der Waals surface area contributed by atoms with E-state index < -0.39 is 54.5 Å². The normalized spacial score (nSPS) is 25.0. The zero-order valence-corrected chi connectivity index (χ0v) is 19.7. The number of rotatable bonds is 13. The molecule has 32 heavy (non-hydrogen) atoms. The van der Waals surface area contributed by atoms with Gasteiger partial charge in [0.05, 0.1) is 0 Å². The predicted molar refractivity (Wildman–Crippen MR) is 113 cm³/mol. The van der Waals surface area contributed by atoms with Crippen molar-refractivity contribution in [2.45, 2.75) is 104 Å². The molecule has 0 aromatic heterocycles. The lowest BCUT2D eigenvalue weighted by Gasteiger charge is -2.44. The van der Waals surface area contributed by atoms with Crippen LogP contribution in [0.2, 0.25) is 0 Å². The minimum Gasteiger partial charge on any atom is -0.463 e. The fraction of sp³-hybridized carbons (Fsp3) is 0.818. The van der Waals surface area contributed by atoms with Crippen LogP contribution in [0.3, 0.4) is 0 Å². The van der Waals surface area contributed by atoms with E-state index in [-0.39, 0.29) is 6.61 Å². The molecule has 0 unspecified atom stereocenters. The zero-order valence-electron chi connectivity index (χ0n) is 19.7. The highest BCUT2D eigenvalue weighted by molar-refractivity contribution is 5.73. The Morgan fingerprint density at radius 1 is 0.812 bits per heavy atom. The van der Waals surface area contributed by atoms with Gasteiger partial charge in [0, 0.05) is 34.3 Å². The van der Waals surface area contributed by atoms with E-state index in [1.807, 2.05) is 0 Å². The van der Waals surface area contributed by atoms with Crippen LogP contribution in [-0.4, -0.2) is 67.7 Å². The second-order valence-electron chi connectivity index (χ2n) is 7.86. The number of nitrogens with one attached hydrogen (secondary N) is 1. The van der Waals surface area contributed by atoms with Gasteiger partial charge in [0.1, 0.15) is 18.8 Å². The van der Waals surface area contributed by atoms with Crippen LogP contribution < -0.4 is 5.32 Å². The molecule has 0 aliphatic carbocycles. The number of carbonyl (C=O) groups excluding carboxylic acids is 4. The molecule has 5 atom stereocenters. The number of hydrogen-bond acceptors (Lipinski definition) is 9. The van der Waals surface area contributed by atoms with Crippen LogP contribution in [0.5, 0.6) is 0 Å². The standard InChI is InChI=1S/C22H37NO9/c1-6-7-8-9-10-11-12-28-22-19(23-14(2)24)21(31-17(5)27)20(30-16(4)26)18(32-22)13-29-15(3)25/h18-22H,6-13H2,1-5H3,(H,23,24)/t18-,19-,20+,21-,22-/m0/s1. The van der Waals surface area contributed by atoms with E-state index in [1.54, 1.807) is 0 Å². The number of hydrogen-bond donors (Lipinski definition) is 1. The molecule has 1 heterocycles. The summed E-state index contributed by atoms with van der Waals surface area (Å²) in [6, 6.07) is -0.922. The maximum atomic E-state index is 11.9. The number of carbonyl (C=O) groups is 4. The van der Waals surface area contributed by atoms with Gasteiger partial charge in [-0.1, -0.05) is 39.0 Å². The third-order valence-corrected chi connectivity index (χ3v) is 4.85. The monoisotopic (exact) mass is 459 g/mol. The third-order valence-electron chi connectivity index (χ3n) is 4.85. The fourth-order valence-corrected chi connectivity index (χ4v) is 3.52. The van der Waals surface area contributed by atoms with Gasteiger partial charge in [-0.2, -0.15) is 0 Å². The van der Waals surface area contributed by atoms with Crippen molar-refractivity contribution in [2.75, 3.05) is 13.2 Å². The lowest BCUT2D eigenvalue weighted by atomic mass is 9.96. The highest BCUT2D eigenvalue weighted by Crippen LogP contribution is 2.28. The number of amides is 1. The molecule has 1 aliphatic rings. The van der Waals surface area contributed by atoms with Gasteiger partial charge in [-0.25, -0.2) is 0 Å². The molecule has 1 fully saturated rings. The van der Waals surface area contributed by atoms with Crippen LogP contribution >= 0.6 is 0 Å². The Hall–Kier alpha value is -2.20. The van der Waals surface area contributed by atoms with Gasteiger partial charge in [0.15, 0.2) is 18.5 Å². The first-order chi connectivity index (χ1) is 15.1. The lowest BCUT2D eigenvalue weighted by Crippen LogP contribution is -2.66. The molecule has 0 saturated carbocycles. The predicted octanol–water partition coefficient (Wildman–Crippen LogP) is 2.02. The summed E-state index contributed by atoms with van der Waals surface area (Å²) in [6.45, 7) is 7.22. The topological polar surface area (TPSA) is 126 Å². The Bertz CT molecular complexity index is 625. The summed E-state index contributed by atoms with van der Waals surface area (Å²) in [7, 11) is 0. The first-order valence-electron chi connectivity index (χ1n) is 11.2. The van der Waals surface area contributed by atoms with Crippen molar-refractivity contribution in [3.63, 3.8) is 0 Å². The number of ether oxygens (including phenoxy) is 5. The van der Waals surface area contributed by atoms with Crippen LogP contribution in [-0.2, 0) is 42.9 Å². The summed E-state index contributed by atoms with van der Waals surface area (Å²) in [6.07, 6.45) is 2.23. The average molecular weight is 460 g/mol. The van der Waals surface area contributed by atoms with Crippen molar-refractivity contribution in [3.05, 3.63) is 0 Å². The molecule has 1 amide bonds. The van der Waals surface area contributed by atoms with E-state index in [1.165, 1.54) is 34.1 Å². The van der Waals surface area contributed by atoms with E-state index in [9.17, 15) is 19.2 Å². The van der Waals surface area contributed by atoms with Crippen LogP contribution in [0.4, 0.5) is 0 Å². The maximum Gasteiger partial charge on any atom is 0.303 e. The van der Waals surface area contributed by atoms with Crippen LogP contribution in [0, 0.1) is 0 Å². The van der Waals surface area contributed by atoms with Crippen molar-refractivity contribution in [2.24, 2.45) is 0 Å². The molecule has 0 spiro atoms. The fourth-order valence-electron chi connectivity index (χ4n) is 3.52. The SMILES string of the molecule is CCCCCCCCO[C@H]1O[C@@H](COC(C)=O)[C@@H](OC(C)=O)[C@@H](OC(C)=O)[C@@H]1NC(C)=O. The second-order valence-corrected chi connectivity index (χ2v) is 7.86. The summed E-state index contributed by atoms with van der Waals surface area (Å²) in [4.78, 5) is 46.7. The van der Waals surface area contributed by atoms with E-state index >= 15 is 0 Å². The molecule has 0 aromatic carbocycles. The Balaban J connectivity index is 3.01. The van der Waals surface area contributed by atoms with E-state index in [2.05, 4.69) is 12.2 Å². The quantitative estimate of drug-likeness (QED) is 0.250. The first-order valence-corrected chi connectivity index (χ1v) is 11.2. The molecule has 0 bridgehead atoms. The first kappa shape index (κ1) is 27.8. The highest BCUT2D eigenvalue weighted by atomic mass is 16.7. The van der Waals surface area contributed by atoms with E-state index in [4.69, 9.17) is 23.7 Å². The van der Waals surface area contributed by atoms with Gasteiger partial charge in [-0.05, 0) is 6.42 Å². The van der Waals surface area contributed by atoms with Crippen molar-refractivity contribution in [1.29, 1.82) is 0 Å². The van der Waals surface area contributed by atoms with Gasteiger partial charge in [-0.15, -0.1) is 0 Å². The molecule has 1 saturated heterocycles. The molecule has 1 aliphatic heterocycles. The summed E-state index contributed by atoms with van der Waals surface area (Å²) >= 11 is 0. The smallest absolute Gasteiger partial charge is 0.303 e. The summed E-state index contributed by atoms with van der Waals surface area (Å²) in [5.41, 5.74) is 0. The van der Waals surface area contributed by atoms with E-state index in [0.29, 0.717) is 6.61 Å². The number of esters is 3. The summed E-state index contributed by atoms with van der Waals surface area (Å²) in [5, 5.41) is 2.68. The van der Waals surface area contributed by atoms with Crippen molar-refractivity contribution in [1.82, 2.24) is 5.32 Å². The van der Waals surface area contributed by atoms with Crippen molar-refractivity contribution in [3.8, 4) is 0 Å². The highest BCUT2D eigenvalue weighted by Gasteiger charge is 2.51. The molecule has 184 valence electrons. The largest absolute Gasteiger partial charge is 0.463 e. The van der Waals surface area contributed by atoms with Crippen LogP contribution in [0.15, 0.2) is 0 Å². The molecule has 1 N–H and O–H groups in total. The van der Waals surface area contributed by atoms with Crippen molar-refractivity contribution < 1.29 is 42.9 Å². The molecule has 0 radical (unpaired) electrons. The average Bonchev–Trinajstić information content (AvgIpc) is 2.68. The van der Waals surface area contributed by atoms with E-state index in [0.717, 1.165) is 32.1 Å². The molecule has 1 rings (SSSR count). The minimum absolute atomic E-state index is 0.241. The summed E-state index contributed by atoms with van der Waals surface area (Å²) < 4.78 is 27.7. The Kier molecular flexibility index (Phi) is 12.9. The minimum atomic E-state index is -1.11.